The molecule has 0 aliphatic carbocycles. The lowest BCUT2D eigenvalue weighted by atomic mass is 10.2. The van der Waals surface area contributed by atoms with E-state index in [1.807, 2.05) is 0 Å². The molecule has 2 aromatic rings. The van der Waals surface area contributed by atoms with Crippen molar-refractivity contribution in [1.82, 2.24) is 20.1 Å². The molecule has 0 fully saturated rings. The molecule has 132 valence electrons. The smallest absolute Gasteiger partial charge is 0.255 e. The Hall–Kier alpha value is -2.90. The Morgan fingerprint density at radius 3 is 2.88 bits per heavy atom. The summed E-state index contributed by atoms with van der Waals surface area (Å²) in [6.45, 7) is 0.893. The van der Waals surface area contributed by atoms with Crippen LogP contribution >= 0.6 is 0 Å². The molecule has 8 nitrogen and oxygen atoms in total. The molecule has 1 aromatic heterocycles. The van der Waals surface area contributed by atoms with Gasteiger partial charge in [0.15, 0.2) is 12.4 Å². The molecule has 1 aliphatic rings. The first kappa shape index (κ1) is 16.9. The molecular weight excluding hydrogens is 322 g/mol. The maximum absolute atomic E-state index is 12.5. The molecule has 0 bridgehead atoms. The zero-order valence-corrected chi connectivity index (χ0v) is 13.9. The third-order valence-corrected chi connectivity index (χ3v) is 4.09. The minimum atomic E-state index is -0.596. The van der Waals surface area contributed by atoms with E-state index in [0.717, 1.165) is 37.5 Å². The Bertz CT molecular complexity index is 771. The number of nitrogens with zero attached hydrogens (tertiary/aromatic N) is 3. The number of rotatable bonds is 6. The Morgan fingerprint density at radius 2 is 2.04 bits per heavy atom. The monoisotopic (exact) mass is 343 g/mol. The van der Waals surface area contributed by atoms with Gasteiger partial charge in [-0.15, -0.1) is 10.2 Å². The zero-order chi connectivity index (χ0) is 17.6. The molecule has 0 spiro atoms. The summed E-state index contributed by atoms with van der Waals surface area (Å²) in [5, 5.41) is 11.3. The molecule has 0 saturated heterocycles. The van der Waals surface area contributed by atoms with Gasteiger partial charge in [-0.2, -0.15) is 0 Å². The molecule has 8 heteroatoms. The highest BCUT2D eigenvalue weighted by atomic mass is 16.5. The molecule has 3 rings (SSSR count). The number of hydrogen-bond acceptors (Lipinski definition) is 5. The summed E-state index contributed by atoms with van der Waals surface area (Å²) in [6, 6.07) is 6.72. The Kier molecular flexibility index (Phi) is 5.27. The molecule has 2 amide bonds. The van der Waals surface area contributed by atoms with Crippen LogP contribution in [0.1, 0.15) is 41.3 Å². The molecule has 0 saturated carbocycles. The van der Waals surface area contributed by atoms with Gasteiger partial charge in [-0.25, -0.2) is 0 Å². The summed E-state index contributed by atoms with van der Waals surface area (Å²) in [7, 11) is 0. The molecule has 1 aromatic carbocycles. The maximum Gasteiger partial charge on any atom is 0.255 e. The van der Waals surface area contributed by atoms with E-state index < -0.39 is 5.91 Å². The predicted molar refractivity (Wildman–Crippen MR) is 89.9 cm³/mol. The van der Waals surface area contributed by atoms with E-state index >= 15 is 0 Å². The van der Waals surface area contributed by atoms with E-state index in [4.69, 9.17) is 10.5 Å². The highest BCUT2D eigenvalue weighted by Gasteiger charge is 2.17. The van der Waals surface area contributed by atoms with Crippen LogP contribution in [-0.2, 0) is 24.3 Å². The van der Waals surface area contributed by atoms with Crippen molar-refractivity contribution >= 4 is 11.8 Å². The van der Waals surface area contributed by atoms with Crippen molar-refractivity contribution in [2.45, 2.75) is 38.8 Å². The van der Waals surface area contributed by atoms with Gasteiger partial charge in [-0.1, -0.05) is 18.6 Å². The minimum Gasteiger partial charge on any atom is -0.483 e. The largest absolute Gasteiger partial charge is 0.483 e. The van der Waals surface area contributed by atoms with E-state index in [1.54, 1.807) is 24.3 Å². The first-order chi connectivity index (χ1) is 12.1. The second-order valence-corrected chi connectivity index (χ2v) is 5.93. The molecule has 0 atom stereocenters. The third-order valence-electron chi connectivity index (χ3n) is 4.09. The number of amides is 2. The molecule has 1 aliphatic heterocycles. The van der Waals surface area contributed by atoms with Crippen LogP contribution in [0.4, 0.5) is 0 Å². The number of para-hydroxylation sites is 1. The second-order valence-electron chi connectivity index (χ2n) is 5.93. The number of fused-ring (bicyclic) bond motifs is 1. The summed E-state index contributed by atoms with van der Waals surface area (Å²) < 4.78 is 7.38. The SMILES string of the molecule is NC(=O)COc1ccccc1C(=O)NCc1nnc2n1CCCCC2. The van der Waals surface area contributed by atoms with Crippen molar-refractivity contribution in [3.8, 4) is 5.75 Å². The lowest BCUT2D eigenvalue weighted by Crippen LogP contribution is -2.26. The second kappa shape index (κ2) is 7.78. The minimum absolute atomic E-state index is 0.276. The van der Waals surface area contributed by atoms with Crippen LogP contribution in [0.5, 0.6) is 5.75 Å². The number of nitrogens with one attached hydrogen (secondary N) is 1. The lowest BCUT2D eigenvalue weighted by Gasteiger charge is -2.11. The lowest BCUT2D eigenvalue weighted by molar-refractivity contribution is -0.119. The van der Waals surface area contributed by atoms with Gasteiger partial charge in [-0.3, -0.25) is 9.59 Å². The summed E-state index contributed by atoms with van der Waals surface area (Å²) >= 11 is 0. The van der Waals surface area contributed by atoms with Crippen molar-refractivity contribution in [1.29, 1.82) is 0 Å². The molecule has 25 heavy (non-hydrogen) atoms. The normalized spacial score (nSPS) is 13.6. The third kappa shape index (κ3) is 4.14. The number of aromatic nitrogens is 3. The average Bonchev–Trinajstić information content (AvgIpc) is 2.84. The highest BCUT2D eigenvalue weighted by molar-refractivity contribution is 5.96. The Morgan fingerprint density at radius 1 is 1.20 bits per heavy atom. The number of benzene rings is 1. The van der Waals surface area contributed by atoms with Crippen LogP contribution in [0, 0.1) is 0 Å². The fourth-order valence-corrected chi connectivity index (χ4v) is 2.86. The first-order valence-corrected chi connectivity index (χ1v) is 8.34. The number of nitrogens with two attached hydrogens (primary N) is 1. The van der Waals surface area contributed by atoms with Gasteiger partial charge < -0.3 is 20.4 Å². The van der Waals surface area contributed by atoms with Crippen LogP contribution in [0.2, 0.25) is 0 Å². The number of aryl methyl sites for hydroxylation is 1. The number of primary amides is 1. The van der Waals surface area contributed by atoms with Gasteiger partial charge >= 0.3 is 0 Å². The van der Waals surface area contributed by atoms with Crippen LogP contribution in [-0.4, -0.2) is 33.2 Å². The van der Waals surface area contributed by atoms with Crippen LogP contribution < -0.4 is 15.8 Å². The molecule has 3 N–H and O–H groups in total. The first-order valence-electron chi connectivity index (χ1n) is 8.34. The standard InChI is InChI=1S/C17H21N5O3/c18-14(23)11-25-13-7-4-3-6-12(13)17(24)19-10-16-21-20-15-8-2-1-5-9-22(15)16/h3-4,6-7H,1-2,5,8-11H2,(H2,18,23)(H,19,24). The van der Waals surface area contributed by atoms with Crippen molar-refractivity contribution in [2.75, 3.05) is 6.61 Å². The van der Waals surface area contributed by atoms with Gasteiger partial charge in [0.25, 0.3) is 11.8 Å². The van der Waals surface area contributed by atoms with Crippen molar-refractivity contribution in [2.24, 2.45) is 5.73 Å². The topological polar surface area (TPSA) is 112 Å². The van der Waals surface area contributed by atoms with E-state index in [2.05, 4.69) is 20.1 Å². The van der Waals surface area contributed by atoms with E-state index in [-0.39, 0.29) is 19.1 Å². The molecule has 0 radical (unpaired) electrons. The van der Waals surface area contributed by atoms with Crippen LogP contribution in [0.3, 0.4) is 0 Å². The Balaban J connectivity index is 1.67. The number of carbonyl (C=O) groups excluding carboxylic acids is 2. The molecule has 2 heterocycles. The highest BCUT2D eigenvalue weighted by Crippen LogP contribution is 2.18. The summed E-state index contributed by atoms with van der Waals surface area (Å²) in [4.78, 5) is 23.4. The van der Waals surface area contributed by atoms with Gasteiger partial charge in [-0.05, 0) is 25.0 Å². The number of ether oxygens (including phenoxy) is 1. The van der Waals surface area contributed by atoms with Gasteiger partial charge in [0, 0.05) is 13.0 Å². The van der Waals surface area contributed by atoms with E-state index in [0.29, 0.717) is 11.3 Å². The predicted octanol–water partition coefficient (Wildman–Crippen LogP) is 0.799. The fourth-order valence-electron chi connectivity index (χ4n) is 2.86. The van der Waals surface area contributed by atoms with Crippen LogP contribution in [0.25, 0.3) is 0 Å². The number of carbonyl (C=O) groups is 2. The van der Waals surface area contributed by atoms with Crippen molar-refractivity contribution in [3.63, 3.8) is 0 Å². The van der Waals surface area contributed by atoms with Gasteiger partial charge in [0.05, 0.1) is 12.1 Å². The quantitative estimate of drug-likeness (QED) is 0.805. The van der Waals surface area contributed by atoms with Crippen LogP contribution in [0.15, 0.2) is 24.3 Å². The average molecular weight is 343 g/mol. The van der Waals surface area contributed by atoms with Crippen molar-refractivity contribution < 1.29 is 14.3 Å². The molecular formula is C17H21N5O3. The summed E-state index contributed by atoms with van der Waals surface area (Å²) in [6.07, 6.45) is 4.31. The number of hydrogen-bond donors (Lipinski definition) is 2. The van der Waals surface area contributed by atoms with Gasteiger partial charge in [0.1, 0.15) is 11.6 Å². The Labute approximate surface area is 145 Å². The summed E-state index contributed by atoms with van der Waals surface area (Å²) in [5.74, 6) is 1.15. The zero-order valence-electron chi connectivity index (χ0n) is 13.9. The summed E-state index contributed by atoms with van der Waals surface area (Å²) in [5.41, 5.74) is 5.43. The van der Waals surface area contributed by atoms with Gasteiger partial charge in [0.2, 0.25) is 0 Å². The maximum atomic E-state index is 12.5. The van der Waals surface area contributed by atoms with Crippen molar-refractivity contribution in [3.05, 3.63) is 41.5 Å². The molecule has 0 unspecified atom stereocenters. The van der Waals surface area contributed by atoms with E-state index in [9.17, 15) is 9.59 Å². The van der Waals surface area contributed by atoms with E-state index in [1.165, 1.54) is 6.42 Å². The fraction of sp³-hybridized carbons (Fsp3) is 0.412.